The van der Waals surface area contributed by atoms with Gasteiger partial charge < -0.3 is 9.47 Å². The van der Waals surface area contributed by atoms with Crippen LogP contribution in [-0.2, 0) is 4.79 Å². The molecule has 0 aliphatic heterocycles. The van der Waals surface area contributed by atoms with E-state index in [2.05, 4.69) is 15.9 Å². The van der Waals surface area contributed by atoms with Crippen molar-refractivity contribution in [2.75, 3.05) is 6.61 Å². The predicted octanol–water partition coefficient (Wildman–Crippen LogP) is 5.62. The lowest BCUT2D eigenvalue weighted by molar-refractivity contribution is -0.128. The molecule has 0 amide bonds. The zero-order valence-electron chi connectivity index (χ0n) is 13.7. The van der Waals surface area contributed by atoms with Crippen LogP contribution in [0.3, 0.4) is 0 Å². The molecule has 126 valence electrons. The van der Waals surface area contributed by atoms with Crippen molar-refractivity contribution in [1.82, 2.24) is 0 Å². The first kappa shape index (κ1) is 17.2. The number of halogens is 1. The van der Waals surface area contributed by atoms with Gasteiger partial charge in [-0.3, -0.25) is 0 Å². The number of ether oxygens (including phenoxy) is 2. The van der Waals surface area contributed by atoms with E-state index in [0.29, 0.717) is 12.4 Å². The van der Waals surface area contributed by atoms with Gasteiger partial charge in [0.1, 0.15) is 11.5 Å². The van der Waals surface area contributed by atoms with Crippen LogP contribution in [0.4, 0.5) is 0 Å². The minimum Gasteiger partial charge on any atom is -0.494 e. The largest absolute Gasteiger partial charge is 0.494 e. The molecule has 4 heteroatoms. The third kappa shape index (κ3) is 4.28. The average Bonchev–Trinajstić information content (AvgIpc) is 2.64. The van der Waals surface area contributed by atoms with Gasteiger partial charge in [-0.15, -0.1) is 0 Å². The minimum atomic E-state index is -0.426. The lowest BCUT2D eigenvalue weighted by Crippen LogP contribution is -2.04. The topological polar surface area (TPSA) is 35.5 Å². The third-order valence-electron chi connectivity index (χ3n) is 3.64. The molecule has 0 unspecified atom stereocenters. The van der Waals surface area contributed by atoms with Gasteiger partial charge >= 0.3 is 5.97 Å². The van der Waals surface area contributed by atoms with E-state index < -0.39 is 5.97 Å². The first-order valence-electron chi connectivity index (χ1n) is 7.97. The molecule has 0 spiro atoms. The van der Waals surface area contributed by atoms with Gasteiger partial charge in [0.2, 0.25) is 0 Å². The Balaban J connectivity index is 1.71. The summed E-state index contributed by atoms with van der Waals surface area (Å²) in [6.45, 7) is 2.57. The van der Waals surface area contributed by atoms with E-state index in [4.69, 9.17) is 9.47 Å². The highest BCUT2D eigenvalue weighted by Gasteiger charge is 2.08. The zero-order chi connectivity index (χ0) is 17.6. The van der Waals surface area contributed by atoms with Crippen LogP contribution in [0.1, 0.15) is 12.5 Å². The molecular formula is C21H17BrO3. The Kier molecular flexibility index (Phi) is 5.51. The van der Waals surface area contributed by atoms with Crippen LogP contribution in [0.2, 0.25) is 0 Å². The normalized spacial score (nSPS) is 11.0. The van der Waals surface area contributed by atoms with Crippen LogP contribution in [-0.4, -0.2) is 12.6 Å². The summed E-state index contributed by atoms with van der Waals surface area (Å²) in [5, 5.41) is 2.09. The van der Waals surface area contributed by atoms with Crippen molar-refractivity contribution in [2.24, 2.45) is 0 Å². The van der Waals surface area contributed by atoms with Gasteiger partial charge in [-0.2, -0.15) is 0 Å². The summed E-state index contributed by atoms with van der Waals surface area (Å²) < 4.78 is 11.6. The molecule has 0 bridgehead atoms. The maximum Gasteiger partial charge on any atom is 0.336 e. The molecule has 0 N–H and O–H groups in total. The third-order valence-corrected chi connectivity index (χ3v) is 4.46. The molecule has 0 saturated heterocycles. The Hall–Kier alpha value is -2.59. The highest BCUT2D eigenvalue weighted by molar-refractivity contribution is 9.10. The summed E-state index contributed by atoms with van der Waals surface area (Å²) in [6, 6.07) is 19.1. The van der Waals surface area contributed by atoms with Gasteiger partial charge in [0.05, 0.1) is 11.1 Å². The Labute approximate surface area is 155 Å². The van der Waals surface area contributed by atoms with Gasteiger partial charge in [0, 0.05) is 6.08 Å². The Morgan fingerprint density at radius 3 is 2.56 bits per heavy atom. The second-order valence-corrected chi connectivity index (χ2v) is 6.15. The molecule has 0 heterocycles. The van der Waals surface area contributed by atoms with Crippen molar-refractivity contribution < 1.29 is 14.3 Å². The molecule has 3 aromatic carbocycles. The van der Waals surface area contributed by atoms with Crippen molar-refractivity contribution in [3.8, 4) is 11.5 Å². The van der Waals surface area contributed by atoms with E-state index in [9.17, 15) is 4.79 Å². The number of benzene rings is 3. The molecule has 25 heavy (non-hydrogen) atoms. The van der Waals surface area contributed by atoms with Crippen LogP contribution >= 0.6 is 15.9 Å². The molecule has 0 aliphatic carbocycles. The van der Waals surface area contributed by atoms with E-state index in [-0.39, 0.29) is 0 Å². The summed E-state index contributed by atoms with van der Waals surface area (Å²) in [6.07, 6.45) is 3.13. The van der Waals surface area contributed by atoms with Crippen molar-refractivity contribution in [1.29, 1.82) is 0 Å². The first-order chi connectivity index (χ1) is 12.2. The van der Waals surface area contributed by atoms with Crippen LogP contribution in [0, 0.1) is 0 Å². The number of esters is 1. The predicted molar refractivity (Wildman–Crippen MR) is 104 cm³/mol. The molecule has 0 aromatic heterocycles. The molecule has 0 aliphatic rings. The first-order valence-corrected chi connectivity index (χ1v) is 8.76. The van der Waals surface area contributed by atoms with Gasteiger partial charge in [-0.1, -0.05) is 42.5 Å². The Bertz CT molecular complexity index is 914. The van der Waals surface area contributed by atoms with Crippen LogP contribution in [0.5, 0.6) is 11.5 Å². The van der Waals surface area contributed by atoms with Gasteiger partial charge in [-0.25, -0.2) is 4.79 Å². The molecule has 0 saturated carbocycles. The van der Waals surface area contributed by atoms with Crippen LogP contribution < -0.4 is 9.47 Å². The highest BCUT2D eigenvalue weighted by atomic mass is 79.9. The monoisotopic (exact) mass is 396 g/mol. The number of carbonyl (C=O) groups excluding carboxylic acids is 1. The van der Waals surface area contributed by atoms with E-state index in [1.54, 1.807) is 12.1 Å². The van der Waals surface area contributed by atoms with Crippen molar-refractivity contribution >= 4 is 38.7 Å². The fraction of sp³-hybridized carbons (Fsp3) is 0.0952. The molecule has 0 radical (unpaired) electrons. The molecule has 3 aromatic rings. The Morgan fingerprint density at radius 1 is 1.04 bits per heavy atom. The second-order valence-electron chi connectivity index (χ2n) is 5.36. The summed E-state index contributed by atoms with van der Waals surface area (Å²) in [7, 11) is 0. The molecule has 3 nitrogen and oxygen atoms in total. The number of rotatable bonds is 5. The number of fused-ring (bicyclic) bond motifs is 1. The molecular weight excluding hydrogens is 380 g/mol. The summed E-state index contributed by atoms with van der Waals surface area (Å²) >= 11 is 3.51. The summed E-state index contributed by atoms with van der Waals surface area (Å²) in [5.74, 6) is 0.882. The van der Waals surface area contributed by atoms with Crippen LogP contribution in [0.15, 0.2) is 71.2 Å². The second kappa shape index (κ2) is 7.99. The van der Waals surface area contributed by atoms with Gasteiger partial charge in [-0.05, 0) is 63.5 Å². The van der Waals surface area contributed by atoms with Gasteiger partial charge in [0.15, 0.2) is 0 Å². The fourth-order valence-electron chi connectivity index (χ4n) is 2.44. The quantitative estimate of drug-likeness (QED) is 0.319. The molecule has 0 atom stereocenters. The SMILES string of the molecule is CCOc1ccc(C=CC(=O)Oc2ccc3ccccc3c2Br)cc1. The van der Waals surface area contributed by atoms with Crippen molar-refractivity contribution in [3.63, 3.8) is 0 Å². The van der Waals surface area contributed by atoms with Crippen LogP contribution in [0.25, 0.3) is 16.8 Å². The molecule has 3 rings (SSSR count). The van der Waals surface area contributed by atoms with E-state index in [0.717, 1.165) is 26.6 Å². The fourth-order valence-corrected chi connectivity index (χ4v) is 3.02. The Morgan fingerprint density at radius 2 is 1.80 bits per heavy atom. The smallest absolute Gasteiger partial charge is 0.336 e. The van der Waals surface area contributed by atoms with E-state index in [1.165, 1.54) is 6.08 Å². The standard InChI is InChI=1S/C21H17BrO3/c1-2-24-17-11-7-15(8-12-17)9-14-20(23)25-19-13-10-16-5-3-4-6-18(16)21(19)22/h3-14H,2H2,1H3. The highest BCUT2D eigenvalue weighted by Crippen LogP contribution is 2.33. The minimum absolute atomic E-state index is 0.426. The lowest BCUT2D eigenvalue weighted by Gasteiger charge is -2.07. The lowest BCUT2D eigenvalue weighted by atomic mass is 10.1. The average molecular weight is 397 g/mol. The number of hydrogen-bond acceptors (Lipinski definition) is 3. The summed E-state index contributed by atoms with van der Waals surface area (Å²) in [4.78, 5) is 12.1. The number of hydrogen-bond donors (Lipinski definition) is 0. The van der Waals surface area contributed by atoms with E-state index in [1.807, 2.05) is 61.5 Å². The van der Waals surface area contributed by atoms with Crippen molar-refractivity contribution in [2.45, 2.75) is 6.92 Å². The maximum absolute atomic E-state index is 12.1. The van der Waals surface area contributed by atoms with E-state index >= 15 is 0 Å². The number of carbonyl (C=O) groups is 1. The zero-order valence-corrected chi connectivity index (χ0v) is 15.3. The maximum atomic E-state index is 12.1. The summed E-state index contributed by atoms with van der Waals surface area (Å²) in [5.41, 5.74) is 0.901. The van der Waals surface area contributed by atoms with Crippen molar-refractivity contribution in [3.05, 3.63) is 76.8 Å². The van der Waals surface area contributed by atoms with Gasteiger partial charge in [0.25, 0.3) is 0 Å². The molecule has 0 fully saturated rings.